The Morgan fingerprint density at radius 1 is 1.03 bits per heavy atom. The summed E-state index contributed by atoms with van der Waals surface area (Å²) in [5.74, 6) is 0.504. The van der Waals surface area contributed by atoms with Crippen molar-refractivity contribution in [2.75, 3.05) is 43.0 Å². The molecule has 0 unspecified atom stereocenters. The maximum absolute atomic E-state index is 12.7. The maximum Gasteiger partial charge on any atom is 0.416 e. The first-order valence-electron chi connectivity index (χ1n) is 12.6. The maximum atomic E-state index is 12.7. The van der Waals surface area contributed by atoms with Crippen LogP contribution in [0, 0.1) is 6.92 Å². The monoisotopic (exact) mass is 513 g/mol. The quantitative estimate of drug-likeness (QED) is 0.498. The Hall–Kier alpha value is -3.40. The van der Waals surface area contributed by atoms with Gasteiger partial charge in [0, 0.05) is 30.2 Å². The molecule has 1 aromatic heterocycles. The third kappa shape index (κ3) is 5.95. The molecule has 0 spiro atoms. The average Bonchev–Trinajstić information content (AvgIpc) is 3.43. The van der Waals surface area contributed by atoms with Gasteiger partial charge in [0.1, 0.15) is 5.75 Å². The standard InChI is InChI=1S/C27H30F3N5O2/c1-18-23-16-20(32-25(36)17-37-22-7-4-19(5-8-22)27(28,29)30)6-9-24(23)33-26(31-18)35-14-10-21(11-15-35)34-12-2-3-13-34/h4-9,16,21H,2-3,10-15,17H2,1H3,(H,32,36). The van der Waals surface area contributed by atoms with Crippen LogP contribution < -0.4 is 15.0 Å². The van der Waals surface area contributed by atoms with Crippen LogP contribution in [-0.2, 0) is 11.0 Å². The molecule has 2 aliphatic heterocycles. The number of aromatic nitrogens is 2. The molecular formula is C27H30F3N5O2. The Balaban J connectivity index is 1.19. The number of fused-ring (bicyclic) bond motifs is 1. The van der Waals surface area contributed by atoms with Crippen molar-refractivity contribution in [3.63, 3.8) is 0 Å². The minimum absolute atomic E-state index is 0.183. The molecule has 0 aliphatic carbocycles. The zero-order valence-corrected chi connectivity index (χ0v) is 20.7. The number of amides is 1. The molecule has 1 amide bonds. The first kappa shape index (κ1) is 25.3. The lowest BCUT2D eigenvalue weighted by molar-refractivity contribution is -0.137. The SMILES string of the molecule is Cc1nc(N2CCC(N3CCCC3)CC2)nc2ccc(NC(=O)COc3ccc(C(F)(F)F)cc3)cc12. The lowest BCUT2D eigenvalue weighted by Crippen LogP contribution is -2.44. The van der Waals surface area contributed by atoms with Crippen molar-refractivity contribution < 1.29 is 22.7 Å². The first-order valence-corrected chi connectivity index (χ1v) is 12.6. The van der Waals surface area contributed by atoms with Gasteiger partial charge in [-0.05, 0) is 88.2 Å². The van der Waals surface area contributed by atoms with Crippen LogP contribution in [-0.4, -0.2) is 59.6 Å². The number of hydrogen-bond acceptors (Lipinski definition) is 6. The van der Waals surface area contributed by atoms with Crippen molar-refractivity contribution in [3.8, 4) is 5.75 Å². The lowest BCUT2D eigenvalue weighted by atomic mass is 10.0. The van der Waals surface area contributed by atoms with Crippen molar-refractivity contribution in [2.45, 2.75) is 44.8 Å². The van der Waals surface area contributed by atoms with Crippen LogP contribution in [0.25, 0.3) is 10.9 Å². The fourth-order valence-electron chi connectivity index (χ4n) is 5.11. The fraction of sp³-hybridized carbons (Fsp3) is 0.444. The summed E-state index contributed by atoms with van der Waals surface area (Å²) in [6.07, 6.45) is 0.447. The molecule has 0 saturated carbocycles. The molecule has 2 saturated heterocycles. The van der Waals surface area contributed by atoms with Crippen LogP contribution in [0.2, 0.25) is 0 Å². The molecule has 3 heterocycles. The smallest absolute Gasteiger partial charge is 0.416 e. The highest BCUT2D eigenvalue weighted by Crippen LogP contribution is 2.30. The number of anilines is 2. The van der Waals surface area contributed by atoms with E-state index in [9.17, 15) is 18.0 Å². The number of piperidine rings is 1. The zero-order valence-electron chi connectivity index (χ0n) is 20.7. The highest BCUT2D eigenvalue weighted by molar-refractivity contribution is 5.95. The fourth-order valence-corrected chi connectivity index (χ4v) is 5.11. The molecular weight excluding hydrogens is 483 g/mol. The topological polar surface area (TPSA) is 70.6 Å². The minimum Gasteiger partial charge on any atom is -0.484 e. The Kier molecular flexibility index (Phi) is 7.19. The predicted molar refractivity (Wildman–Crippen MR) is 136 cm³/mol. The molecule has 3 aromatic rings. The van der Waals surface area contributed by atoms with Gasteiger partial charge in [0.2, 0.25) is 5.95 Å². The van der Waals surface area contributed by atoms with E-state index in [2.05, 4.69) is 15.1 Å². The van der Waals surface area contributed by atoms with Gasteiger partial charge in [-0.25, -0.2) is 9.97 Å². The number of hydrogen-bond donors (Lipinski definition) is 1. The van der Waals surface area contributed by atoms with Gasteiger partial charge in [-0.2, -0.15) is 13.2 Å². The van der Waals surface area contributed by atoms with Gasteiger partial charge in [-0.1, -0.05) is 0 Å². The number of rotatable bonds is 6. The van der Waals surface area contributed by atoms with Crippen LogP contribution in [0.5, 0.6) is 5.75 Å². The second-order valence-electron chi connectivity index (χ2n) is 9.66. The highest BCUT2D eigenvalue weighted by atomic mass is 19.4. The van der Waals surface area contributed by atoms with Gasteiger partial charge in [0.05, 0.1) is 16.8 Å². The highest BCUT2D eigenvalue weighted by Gasteiger charge is 2.30. The predicted octanol–water partition coefficient (Wildman–Crippen LogP) is 5.04. The Morgan fingerprint density at radius 3 is 2.41 bits per heavy atom. The van der Waals surface area contributed by atoms with Crippen molar-refractivity contribution in [1.29, 1.82) is 0 Å². The van der Waals surface area contributed by atoms with Crippen LogP contribution in [0.4, 0.5) is 24.8 Å². The Bertz CT molecular complexity index is 1250. The number of ether oxygens (including phenoxy) is 1. The molecule has 2 aliphatic rings. The number of carbonyl (C=O) groups is 1. The summed E-state index contributed by atoms with van der Waals surface area (Å²) < 4.78 is 43.4. The van der Waals surface area contributed by atoms with E-state index in [1.807, 2.05) is 19.1 Å². The molecule has 5 rings (SSSR count). The average molecular weight is 514 g/mol. The normalized spacial score (nSPS) is 17.4. The number of halogens is 3. The van der Waals surface area contributed by atoms with E-state index in [0.29, 0.717) is 11.7 Å². The van der Waals surface area contributed by atoms with E-state index in [-0.39, 0.29) is 12.4 Å². The molecule has 2 aromatic carbocycles. The van der Waals surface area contributed by atoms with Crippen LogP contribution in [0.3, 0.4) is 0 Å². The van der Waals surface area contributed by atoms with Crippen molar-refractivity contribution >= 4 is 28.4 Å². The number of nitrogens with zero attached hydrogens (tertiary/aromatic N) is 4. The second-order valence-corrected chi connectivity index (χ2v) is 9.66. The van der Waals surface area contributed by atoms with Gasteiger partial charge >= 0.3 is 6.18 Å². The first-order chi connectivity index (χ1) is 17.8. The van der Waals surface area contributed by atoms with Crippen molar-refractivity contribution in [1.82, 2.24) is 14.9 Å². The van der Waals surface area contributed by atoms with Crippen LogP contribution >= 0.6 is 0 Å². The number of nitrogens with one attached hydrogen (secondary N) is 1. The van der Waals surface area contributed by atoms with Crippen molar-refractivity contribution in [2.24, 2.45) is 0 Å². The van der Waals surface area contributed by atoms with E-state index in [1.165, 1.54) is 38.1 Å². The Morgan fingerprint density at radius 2 is 1.73 bits per heavy atom. The summed E-state index contributed by atoms with van der Waals surface area (Å²) in [6.45, 7) is 5.93. The molecule has 0 radical (unpaired) electrons. The summed E-state index contributed by atoms with van der Waals surface area (Å²) >= 11 is 0. The van der Waals surface area contributed by atoms with E-state index in [1.54, 1.807) is 6.07 Å². The van der Waals surface area contributed by atoms with E-state index in [0.717, 1.165) is 60.6 Å². The van der Waals surface area contributed by atoms with Crippen LogP contribution in [0.1, 0.15) is 36.9 Å². The molecule has 7 nitrogen and oxygen atoms in total. The summed E-state index contributed by atoms with van der Waals surface area (Å²) in [4.78, 5) is 26.8. The third-order valence-corrected chi connectivity index (χ3v) is 7.11. The third-order valence-electron chi connectivity index (χ3n) is 7.11. The van der Waals surface area contributed by atoms with Crippen LogP contribution in [0.15, 0.2) is 42.5 Å². The summed E-state index contributed by atoms with van der Waals surface area (Å²) in [5.41, 5.74) is 1.44. The molecule has 2 fully saturated rings. The van der Waals surface area contributed by atoms with Gasteiger partial charge in [-0.15, -0.1) is 0 Å². The number of aryl methyl sites for hydroxylation is 1. The van der Waals surface area contributed by atoms with E-state index >= 15 is 0 Å². The number of likely N-dealkylation sites (tertiary alicyclic amines) is 1. The van der Waals surface area contributed by atoms with Gasteiger partial charge in [0.15, 0.2) is 6.61 Å². The van der Waals surface area contributed by atoms with Crippen molar-refractivity contribution in [3.05, 3.63) is 53.7 Å². The minimum atomic E-state index is -4.42. The largest absolute Gasteiger partial charge is 0.484 e. The number of alkyl halides is 3. The van der Waals surface area contributed by atoms with E-state index < -0.39 is 17.6 Å². The summed E-state index contributed by atoms with van der Waals surface area (Å²) in [7, 11) is 0. The Labute approximate surface area is 213 Å². The van der Waals surface area contributed by atoms with Gasteiger partial charge in [0.25, 0.3) is 5.91 Å². The molecule has 0 bridgehead atoms. The zero-order chi connectivity index (χ0) is 26.0. The molecule has 37 heavy (non-hydrogen) atoms. The second kappa shape index (κ2) is 10.5. The molecule has 1 N–H and O–H groups in total. The van der Waals surface area contributed by atoms with Gasteiger partial charge in [-0.3, -0.25) is 4.79 Å². The molecule has 0 atom stereocenters. The van der Waals surface area contributed by atoms with E-state index in [4.69, 9.17) is 14.7 Å². The number of benzene rings is 2. The number of carbonyl (C=O) groups excluding carboxylic acids is 1. The molecule has 10 heteroatoms. The summed E-state index contributed by atoms with van der Waals surface area (Å²) in [5, 5.41) is 3.61. The molecule has 196 valence electrons. The van der Waals surface area contributed by atoms with Gasteiger partial charge < -0.3 is 19.9 Å². The summed E-state index contributed by atoms with van der Waals surface area (Å²) in [6, 6.07) is 10.3. The lowest BCUT2D eigenvalue weighted by Gasteiger charge is -2.36.